The lowest BCUT2D eigenvalue weighted by Gasteiger charge is -2.16. The Morgan fingerprint density at radius 1 is 1.19 bits per heavy atom. The number of rotatable bonds is 5. The van der Waals surface area contributed by atoms with E-state index in [-0.39, 0.29) is 11.8 Å². The van der Waals surface area contributed by atoms with Crippen molar-refractivity contribution in [1.82, 2.24) is 20.0 Å². The van der Waals surface area contributed by atoms with E-state index >= 15 is 0 Å². The summed E-state index contributed by atoms with van der Waals surface area (Å²) in [5, 5.41) is 4.07. The second-order valence-corrected chi connectivity index (χ2v) is 6.22. The van der Waals surface area contributed by atoms with E-state index in [1.54, 1.807) is 19.5 Å². The van der Waals surface area contributed by atoms with Gasteiger partial charge in [-0.25, -0.2) is 0 Å². The summed E-state index contributed by atoms with van der Waals surface area (Å²) < 4.78 is 10.5. The van der Waals surface area contributed by atoms with Gasteiger partial charge in [0.25, 0.3) is 5.89 Å². The minimum absolute atomic E-state index is 0.0555. The van der Waals surface area contributed by atoms with E-state index < -0.39 is 0 Å². The van der Waals surface area contributed by atoms with Gasteiger partial charge in [-0.1, -0.05) is 17.3 Å². The standard InChI is InChI=1S/C19H18N4O3/c1-25-16-4-2-13(3-5-16)11-23-12-15(10-17(23)24)18-21-19(26-22-18)14-6-8-20-9-7-14/h2-9,15H,10-12H2,1H3. The summed E-state index contributed by atoms with van der Waals surface area (Å²) in [6, 6.07) is 11.4. The van der Waals surface area contributed by atoms with Gasteiger partial charge < -0.3 is 14.2 Å². The Kier molecular flexibility index (Phi) is 4.35. The van der Waals surface area contributed by atoms with Crippen LogP contribution in [0.2, 0.25) is 0 Å². The highest BCUT2D eigenvalue weighted by atomic mass is 16.5. The maximum Gasteiger partial charge on any atom is 0.258 e. The molecule has 1 fully saturated rings. The molecular formula is C19H18N4O3. The van der Waals surface area contributed by atoms with Crippen LogP contribution in [-0.4, -0.2) is 39.6 Å². The molecule has 0 saturated carbocycles. The van der Waals surface area contributed by atoms with Crippen LogP contribution in [0.1, 0.15) is 23.7 Å². The molecule has 1 aliphatic rings. The summed E-state index contributed by atoms with van der Waals surface area (Å²) in [7, 11) is 1.63. The van der Waals surface area contributed by atoms with E-state index in [0.29, 0.717) is 31.2 Å². The van der Waals surface area contributed by atoms with Crippen LogP contribution in [0.5, 0.6) is 5.75 Å². The molecule has 0 aliphatic carbocycles. The normalized spacial score (nSPS) is 16.9. The van der Waals surface area contributed by atoms with Gasteiger partial charge in [-0.05, 0) is 29.8 Å². The van der Waals surface area contributed by atoms with E-state index in [1.807, 2.05) is 41.3 Å². The van der Waals surface area contributed by atoms with Crippen molar-refractivity contribution in [3.05, 3.63) is 60.2 Å². The Morgan fingerprint density at radius 3 is 2.69 bits per heavy atom. The number of hydrogen-bond acceptors (Lipinski definition) is 6. The molecule has 1 saturated heterocycles. The summed E-state index contributed by atoms with van der Waals surface area (Å²) in [4.78, 5) is 22.6. The smallest absolute Gasteiger partial charge is 0.258 e. The van der Waals surface area contributed by atoms with Gasteiger partial charge in [-0.3, -0.25) is 9.78 Å². The molecule has 1 aliphatic heterocycles. The number of ether oxygens (including phenoxy) is 1. The first kappa shape index (κ1) is 16.3. The van der Waals surface area contributed by atoms with Crippen LogP contribution in [0, 0.1) is 0 Å². The summed E-state index contributed by atoms with van der Waals surface area (Å²) in [6.07, 6.45) is 3.75. The van der Waals surface area contributed by atoms with Crippen LogP contribution >= 0.6 is 0 Å². The highest BCUT2D eigenvalue weighted by Crippen LogP contribution is 2.29. The van der Waals surface area contributed by atoms with E-state index in [1.165, 1.54) is 0 Å². The molecule has 26 heavy (non-hydrogen) atoms. The van der Waals surface area contributed by atoms with Crippen LogP contribution < -0.4 is 4.74 Å². The molecule has 0 radical (unpaired) electrons. The molecule has 1 amide bonds. The maximum atomic E-state index is 12.4. The number of carbonyl (C=O) groups is 1. The van der Waals surface area contributed by atoms with Crippen molar-refractivity contribution in [2.75, 3.05) is 13.7 Å². The van der Waals surface area contributed by atoms with Crippen molar-refractivity contribution in [3.8, 4) is 17.2 Å². The predicted molar refractivity (Wildman–Crippen MR) is 93.3 cm³/mol. The van der Waals surface area contributed by atoms with Gasteiger partial charge in [-0.15, -0.1) is 0 Å². The number of likely N-dealkylation sites (tertiary alicyclic amines) is 1. The number of benzene rings is 1. The summed E-state index contributed by atoms with van der Waals surface area (Å²) in [6.45, 7) is 1.15. The fraction of sp³-hybridized carbons (Fsp3) is 0.263. The highest BCUT2D eigenvalue weighted by Gasteiger charge is 2.33. The Hall–Kier alpha value is -3.22. The third-order valence-corrected chi connectivity index (χ3v) is 4.48. The van der Waals surface area contributed by atoms with Crippen LogP contribution in [0.4, 0.5) is 0 Å². The van der Waals surface area contributed by atoms with Gasteiger partial charge in [0.2, 0.25) is 5.91 Å². The lowest BCUT2D eigenvalue weighted by molar-refractivity contribution is -0.128. The van der Waals surface area contributed by atoms with Crippen molar-refractivity contribution < 1.29 is 14.1 Å². The molecule has 0 N–H and O–H groups in total. The molecule has 1 unspecified atom stereocenters. The molecule has 1 aromatic carbocycles. The van der Waals surface area contributed by atoms with Crippen molar-refractivity contribution >= 4 is 5.91 Å². The third-order valence-electron chi connectivity index (χ3n) is 4.48. The number of nitrogens with zero attached hydrogens (tertiary/aromatic N) is 4. The first-order chi connectivity index (χ1) is 12.7. The zero-order chi connectivity index (χ0) is 17.9. The minimum Gasteiger partial charge on any atom is -0.497 e. The van der Waals surface area contributed by atoms with Crippen LogP contribution in [-0.2, 0) is 11.3 Å². The largest absolute Gasteiger partial charge is 0.497 e. The van der Waals surface area contributed by atoms with Gasteiger partial charge in [-0.2, -0.15) is 4.98 Å². The first-order valence-electron chi connectivity index (χ1n) is 8.37. The quantitative estimate of drug-likeness (QED) is 0.704. The zero-order valence-electron chi connectivity index (χ0n) is 14.3. The fourth-order valence-electron chi connectivity index (χ4n) is 3.06. The highest BCUT2D eigenvalue weighted by molar-refractivity contribution is 5.79. The van der Waals surface area contributed by atoms with Crippen LogP contribution in [0.15, 0.2) is 53.3 Å². The first-order valence-corrected chi connectivity index (χ1v) is 8.37. The van der Waals surface area contributed by atoms with Gasteiger partial charge in [0.05, 0.1) is 7.11 Å². The Bertz CT molecular complexity index is 893. The van der Waals surface area contributed by atoms with E-state index in [2.05, 4.69) is 15.1 Å². The van der Waals surface area contributed by atoms with Gasteiger partial charge in [0.1, 0.15) is 5.75 Å². The third kappa shape index (κ3) is 3.28. The average molecular weight is 350 g/mol. The minimum atomic E-state index is -0.0555. The van der Waals surface area contributed by atoms with E-state index in [0.717, 1.165) is 16.9 Å². The molecule has 0 spiro atoms. The maximum absolute atomic E-state index is 12.4. The van der Waals surface area contributed by atoms with Crippen LogP contribution in [0.3, 0.4) is 0 Å². The van der Waals surface area contributed by atoms with Gasteiger partial charge in [0, 0.05) is 43.4 Å². The Balaban J connectivity index is 1.45. The van der Waals surface area contributed by atoms with Crippen molar-refractivity contribution in [2.24, 2.45) is 0 Å². The number of methoxy groups -OCH3 is 1. The number of aromatic nitrogens is 3. The monoisotopic (exact) mass is 350 g/mol. The molecule has 2 aromatic heterocycles. The molecule has 7 nitrogen and oxygen atoms in total. The van der Waals surface area contributed by atoms with Gasteiger partial charge >= 0.3 is 0 Å². The summed E-state index contributed by atoms with van der Waals surface area (Å²) in [5.41, 5.74) is 1.88. The molecule has 3 aromatic rings. The summed E-state index contributed by atoms with van der Waals surface area (Å²) in [5.74, 6) is 1.86. The van der Waals surface area contributed by atoms with E-state index in [9.17, 15) is 4.79 Å². The molecule has 1 atom stereocenters. The van der Waals surface area contributed by atoms with E-state index in [4.69, 9.17) is 9.26 Å². The van der Waals surface area contributed by atoms with Crippen molar-refractivity contribution in [3.63, 3.8) is 0 Å². The number of hydrogen-bond donors (Lipinski definition) is 0. The second kappa shape index (κ2) is 6.95. The number of pyridine rings is 1. The number of amides is 1. The molecule has 4 rings (SSSR count). The molecule has 132 valence electrons. The number of carbonyl (C=O) groups excluding carboxylic acids is 1. The van der Waals surface area contributed by atoms with Crippen LogP contribution in [0.25, 0.3) is 11.5 Å². The summed E-state index contributed by atoms with van der Waals surface area (Å²) >= 11 is 0. The van der Waals surface area contributed by atoms with Crippen molar-refractivity contribution in [1.29, 1.82) is 0 Å². The second-order valence-electron chi connectivity index (χ2n) is 6.22. The lowest BCUT2D eigenvalue weighted by Crippen LogP contribution is -2.24. The molecule has 0 bridgehead atoms. The SMILES string of the molecule is COc1ccc(CN2CC(c3noc(-c4ccncc4)n3)CC2=O)cc1. The molecular weight excluding hydrogens is 332 g/mol. The van der Waals surface area contributed by atoms with Crippen molar-refractivity contribution in [2.45, 2.75) is 18.9 Å². The lowest BCUT2D eigenvalue weighted by atomic mass is 10.1. The Morgan fingerprint density at radius 2 is 1.96 bits per heavy atom. The Labute approximate surface area is 150 Å². The average Bonchev–Trinajstić information content (AvgIpc) is 3.31. The molecule has 7 heteroatoms. The predicted octanol–water partition coefficient (Wildman–Crippen LogP) is 2.66. The van der Waals surface area contributed by atoms with Gasteiger partial charge in [0.15, 0.2) is 5.82 Å². The zero-order valence-corrected chi connectivity index (χ0v) is 14.3. The fourth-order valence-corrected chi connectivity index (χ4v) is 3.06. The molecule has 3 heterocycles. The topological polar surface area (TPSA) is 81.3 Å².